The minimum absolute atomic E-state index is 0.123. The predicted molar refractivity (Wildman–Crippen MR) is 108 cm³/mol. The van der Waals surface area contributed by atoms with Gasteiger partial charge in [-0.1, -0.05) is 48.2 Å². The summed E-state index contributed by atoms with van der Waals surface area (Å²) in [7, 11) is 0. The number of furan rings is 1. The van der Waals surface area contributed by atoms with Crippen LogP contribution >= 0.6 is 11.8 Å². The molecule has 2 aromatic heterocycles. The zero-order valence-electron chi connectivity index (χ0n) is 15.3. The fourth-order valence-corrected chi connectivity index (χ4v) is 3.54. The highest BCUT2D eigenvalue weighted by molar-refractivity contribution is 7.99. The van der Waals surface area contributed by atoms with E-state index in [-0.39, 0.29) is 24.0 Å². The van der Waals surface area contributed by atoms with Crippen molar-refractivity contribution in [3.63, 3.8) is 0 Å². The molecule has 0 fully saturated rings. The van der Waals surface area contributed by atoms with Gasteiger partial charge in [-0.15, -0.1) is 10.2 Å². The van der Waals surface area contributed by atoms with Crippen LogP contribution < -0.4 is 5.32 Å². The van der Waals surface area contributed by atoms with Crippen molar-refractivity contribution in [3.8, 4) is 17.3 Å². The van der Waals surface area contributed by atoms with Crippen LogP contribution in [0.3, 0.4) is 0 Å². The average molecular weight is 408 g/mol. The normalized spacial score (nSPS) is 10.8. The minimum atomic E-state index is -0.340. The molecule has 2 heterocycles. The Balaban J connectivity index is 1.49. The molecule has 8 heteroatoms. The van der Waals surface area contributed by atoms with E-state index in [0.29, 0.717) is 22.3 Å². The second-order valence-electron chi connectivity index (χ2n) is 6.11. The number of nitrogens with one attached hydrogen (secondary N) is 1. The van der Waals surface area contributed by atoms with Crippen molar-refractivity contribution in [1.29, 1.82) is 0 Å². The molecule has 0 radical (unpaired) electrons. The van der Waals surface area contributed by atoms with Crippen molar-refractivity contribution in [1.82, 2.24) is 20.1 Å². The van der Waals surface area contributed by atoms with Gasteiger partial charge >= 0.3 is 0 Å². The lowest BCUT2D eigenvalue weighted by Crippen LogP contribution is -2.25. The Labute approximate surface area is 170 Å². The van der Waals surface area contributed by atoms with E-state index in [9.17, 15) is 9.18 Å². The highest BCUT2D eigenvalue weighted by Gasteiger charge is 2.18. The first-order valence-corrected chi connectivity index (χ1v) is 9.88. The largest absolute Gasteiger partial charge is 0.461 e. The van der Waals surface area contributed by atoms with Gasteiger partial charge in [0.15, 0.2) is 10.9 Å². The van der Waals surface area contributed by atoms with Gasteiger partial charge in [0, 0.05) is 17.8 Å². The first kappa shape index (κ1) is 18.9. The third-order valence-corrected chi connectivity index (χ3v) is 5.08. The Morgan fingerprint density at radius 3 is 2.59 bits per heavy atom. The van der Waals surface area contributed by atoms with E-state index < -0.39 is 0 Å². The quantitative estimate of drug-likeness (QED) is 0.467. The summed E-state index contributed by atoms with van der Waals surface area (Å²) in [5.41, 5.74) is 1.30. The van der Waals surface area contributed by atoms with Crippen molar-refractivity contribution in [2.45, 2.75) is 11.7 Å². The molecule has 0 spiro atoms. The predicted octanol–water partition coefficient (Wildman–Crippen LogP) is 4.07. The zero-order valence-corrected chi connectivity index (χ0v) is 16.1. The lowest BCUT2D eigenvalue weighted by molar-refractivity contribution is -0.118. The fourth-order valence-electron chi connectivity index (χ4n) is 2.76. The molecule has 6 nitrogen and oxygen atoms in total. The first-order chi connectivity index (χ1) is 14.2. The molecule has 0 atom stereocenters. The van der Waals surface area contributed by atoms with E-state index >= 15 is 0 Å². The van der Waals surface area contributed by atoms with E-state index in [1.165, 1.54) is 17.8 Å². The van der Waals surface area contributed by atoms with Crippen LogP contribution in [0.5, 0.6) is 0 Å². The molecule has 29 heavy (non-hydrogen) atoms. The zero-order chi connectivity index (χ0) is 20.1. The van der Waals surface area contributed by atoms with Gasteiger partial charge in [-0.3, -0.25) is 9.36 Å². The van der Waals surface area contributed by atoms with Gasteiger partial charge in [0.05, 0.1) is 12.0 Å². The van der Waals surface area contributed by atoms with Gasteiger partial charge in [-0.05, 0) is 30.3 Å². The van der Waals surface area contributed by atoms with Crippen molar-refractivity contribution in [2.24, 2.45) is 0 Å². The van der Waals surface area contributed by atoms with Crippen LogP contribution in [0, 0.1) is 5.82 Å². The van der Waals surface area contributed by atoms with Crippen LogP contribution in [-0.4, -0.2) is 26.4 Å². The molecule has 1 amide bonds. The Morgan fingerprint density at radius 1 is 1.03 bits per heavy atom. The first-order valence-electron chi connectivity index (χ1n) is 8.90. The molecule has 0 aliphatic rings. The summed E-state index contributed by atoms with van der Waals surface area (Å²) in [6.45, 7) is 0.134. The standard InChI is InChI=1S/C21H17FN4O2S/c22-17-10-5-4-7-15(17)13-23-19(27)14-29-21-25-24-20(18-11-6-12-28-18)26(21)16-8-2-1-3-9-16/h1-12H,13-14H2,(H,23,27). The van der Waals surface area contributed by atoms with Gasteiger partial charge in [0.25, 0.3) is 0 Å². The molecule has 0 aliphatic carbocycles. The molecule has 2 aromatic carbocycles. The molecule has 146 valence electrons. The Hall–Kier alpha value is -3.39. The number of amides is 1. The number of nitrogens with zero attached hydrogens (tertiary/aromatic N) is 3. The average Bonchev–Trinajstić information content (AvgIpc) is 3.42. The van der Waals surface area contributed by atoms with E-state index in [2.05, 4.69) is 15.5 Å². The molecule has 0 saturated carbocycles. The Kier molecular flexibility index (Phi) is 5.71. The lowest BCUT2D eigenvalue weighted by atomic mass is 10.2. The second kappa shape index (κ2) is 8.74. The van der Waals surface area contributed by atoms with Gasteiger partial charge in [0.1, 0.15) is 5.82 Å². The summed E-state index contributed by atoms with van der Waals surface area (Å²) in [5.74, 6) is 0.692. The summed E-state index contributed by atoms with van der Waals surface area (Å²) < 4.78 is 21.0. The van der Waals surface area contributed by atoms with Crippen molar-refractivity contribution in [3.05, 3.63) is 84.4 Å². The van der Waals surface area contributed by atoms with Crippen molar-refractivity contribution in [2.75, 3.05) is 5.75 Å². The van der Waals surface area contributed by atoms with Crippen LogP contribution in [0.15, 0.2) is 82.6 Å². The number of thioether (sulfide) groups is 1. The van der Waals surface area contributed by atoms with Crippen molar-refractivity contribution >= 4 is 17.7 Å². The van der Waals surface area contributed by atoms with Crippen LogP contribution in [0.2, 0.25) is 0 Å². The highest BCUT2D eigenvalue weighted by atomic mass is 32.2. The summed E-state index contributed by atoms with van der Waals surface area (Å²) in [6, 6.07) is 19.6. The monoisotopic (exact) mass is 408 g/mol. The van der Waals surface area contributed by atoms with Gasteiger partial charge in [0.2, 0.25) is 11.7 Å². The van der Waals surface area contributed by atoms with Crippen LogP contribution in [0.4, 0.5) is 4.39 Å². The number of para-hydroxylation sites is 1. The molecular formula is C21H17FN4O2S. The number of carbonyl (C=O) groups is 1. The number of benzene rings is 2. The number of aromatic nitrogens is 3. The molecule has 0 aliphatic heterocycles. The smallest absolute Gasteiger partial charge is 0.230 e. The third kappa shape index (κ3) is 4.38. The minimum Gasteiger partial charge on any atom is -0.461 e. The summed E-state index contributed by atoms with van der Waals surface area (Å²) in [6.07, 6.45) is 1.57. The van der Waals surface area contributed by atoms with Gasteiger partial charge in [-0.2, -0.15) is 0 Å². The van der Waals surface area contributed by atoms with Gasteiger partial charge in [-0.25, -0.2) is 4.39 Å². The van der Waals surface area contributed by atoms with E-state index in [1.807, 2.05) is 34.9 Å². The number of hydrogen-bond acceptors (Lipinski definition) is 5. The number of hydrogen-bond donors (Lipinski definition) is 1. The topological polar surface area (TPSA) is 73.0 Å². The maximum atomic E-state index is 13.7. The molecular weight excluding hydrogens is 391 g/mol. The molecule has 0 saturated heterocycles. The molecule has 0 bridgehead atoms. The van der Waals surface area contributed by atoms with Crippen LogP contribution in [0.25, 0.3) is 17.3 Å². The van der Waals surface area contributed by atoms with E-state index in [1.54, 1.807) is 36.6 Å². The summed E-state index contributed by atoms with van der Waals surface area (Å²) in [4.78, 5) is 12.3. The van der Waals surface area contributed by atoms with Crippen molar-refractivity contribution < 1.29 is 13.6 Å². The third-order valence-electron chi connectivity index (χ3n) is 4.16. The number of carbonyl (C=O) groups excluding carboxylic acids is 1. The molecule has 1 N–H and O–H groups in total. The second-order valence-corrected chi connectivity index (χ2v) is 7.05. The van der Waals surface area contributed by atoms with Gasteiger partial charge < -0.3 is 9.73 Å². The SMILES string of the molecule is O=C(CSc1nnc(-c2ccco2)n1-c1ccccc1)NCc1ccccc1F. The summed E-state index contributed by atoms with van der Waals surface area (Å²) >= 11 is 1.25. The summed E-state index contributed by atoms with van der Waals surface area (Å²) in [5, 5.41) is 11.8. The lowest BCUT2D eigenvalue weighted by Gasteiger charge is -2.09. The van der Waals surface area contributed by atoms with E-state index in [0.717, 1.165) is 5.69 Å². The van der Waals surface area contributed by atoms with Crippen LogP contribution in [0.1, 0.15) is 5.56 Å². The molecule has 4 rings (SSSR count). The number of halogens is 1. The Bertz CT molecular complexity index is 1100. The van der Waals surface area contributed by atoms with Crippen LogP contribution in [-0.2, 0) is 11.3 Å². The fraction of sp³-hybridized carbons (Fsp3) is 0.0952. The van der Waals surface area contributed by atoms with E-state index in [4.69, 9.17) is 4.42 Å². The number of rotatable bonds is 7. The Morgan fingerprint density at radius 2 is 1.83 bits per heavy atom. The maximum absolute atomic E-state index is 13.7. The molecule has 0 unspecified atom stereocenters. The highest BCUT2D eigenvalue weighted by Crippen LogP contribution is 2.28. The molecule has 4 aromatic rings. The maximum Gasteiger partial charge on any atom is 0.230 e.